The quantitative estimate of drug-likeness (QED) is 0.771. The van der Waals surface area contributed by atoms with E-state index in [9.17, 15) is 14.7 Å². The van der Waals surface area contributed by atoms with Crippen molar-refractivity contribution in [3.8, 4) is 5.75 Å². The summed E-state index contributed by atoms with van der Waals surface area (Å²) in [5.74, 6) is 0.374. The number of hydrogen-bond acceptors (Lipinski definition) is 5. The highest BCUT2D eigenvalue weighted by molar-refractivity contribution is 7.99. The molecule has 2 rings (SSSR count). The summed E-state index contributed by atoms with van der Waals surface area (Å²) in [6.07, 6.45) is 0. The van der Waals surface area contributed by atoms with E-state index in [1.165, 1.54) is 18.7 Å². The lowest BCUT2D eigenvalue weighted by molar-refractivity contribution is -0.138. The van der Waals surface area contributed by atoms with E-state index in [1.54, 1.807) is 23.1 Å². The van der Waals surface area contributed by atoms with Gasteiger partial charge in [-0.3, -0.25) is 9.59 Å². The molecule has 7 heteroatoms. The number of para-hydroxylation sites is 1. The molecule has 1 aromatic carbocycles. The first-order valence-electron chi connectivity index (χ1n) is 8.68. The lowest BCUT2D eigenvalue weighted by atomic mass is 10.1. The Kier molecular flexibility index (Phi) is 7.13. The number of benzene rings is 1. The molecule has 1 aliphatic rings. The third kappa shape index (κ3) is 4.67. The number of amides is 2. The van der Waals surface area contributed by atoms with Gasteiger partial charge in [0, 0.05) is 31.3 Å². The van der Waals surface area contributed by atoms with Gasteiger partial charge >= 0.3 is 0 Å². The summed E-state index contributed by atoms with van der Waals surface area (Å²) in [7, 11) is 0. The zero-order valence-electron chi connectivity index (χ0n) is 15.1. The molecule has 0 spiro atoms. The van der Waals surface area contributed by atoms with Crippen LogP contribution in [-0.2, 0) is 9.59 Å². The second-order valence-corrected chi connectivity index (χ2v) is 7.12. The second-order valence-electron chi connectivity index (χ2n) is 6.00. The Morgan fingerprint density at radius 2 is 2.00 bits per heavy atom. The fraction of sp³-hybridized carbons (Fsp3) is 0.556. The van der Waals surface area contributed by atoms with E-state index in [2.05, 4.69) is 24.1 Å². The van der Waals surface area contributed by atoms with Crippen LogP contribution in [0.3, 0.4) is 0 Å². The third-order valence-corrected chi connectivity index (χ3v) is 5.80. The Morgan fingerprint density at radius 1 is 1.32 bits per heavy atom. The molecule has 25 heavy (non-hydrogen) atoms. The number of aromatic hydroxyl groups is 1. The first kappa shape index (κ1) is 19.6. The standard InChI is InChI=1S/C18H27N3O3S/c1-4-20(5-2)11-10-19-17(24)15-12-25-18(21(15)13(3)22)14-8-6-7-9-16(14)23/h6-9,15,18,23H,4-5,10-12H2,1-3H3,(H,19,24)/t15-,18+/m1/s1. The Balaban J connectivity index is 2.05. The predicted molar refractivity (Wildman–Crippen MR) is 100 cm³/mol. The van der Waals surface area contributed by atoms with Crippen LogP contribution in [0.5, 0.6) is 5.75 Å². The summed E-state index contributed by atoms with van der Waals surface area (Å²) in [5, 5.41) is 12.7. The fourth-order valence-corrected chi connectivity index (χ4v) is 4.54. The lowest BCUT2D eigenvalue weighted by Crippen LogP contribution is -2.48. The predicted octanol–water partition coefficient (Wildman–Crippen LogP) is 1.81. The Labute approximate surface area is 153 Å². The number of likely N-dealkylation sites (N-methyl/N-ethyl adjacent to an activating group) is 1. The Morgan fingerprint density at radius 3 is 2.60 bits per heavy atom. The van der Waals surface area contributed by atoms with Gasteiger partial charge in [0.25, 0.3) is 0 Å². The molecule has 0 unspecified atom stereocenters. The van der Waals surface area contributed by atoms with Crippen LogP contribution < -0.4 is 5.32 Å². The van der Waals surface area contributed by atoms with Gasteiger partial charge in [-0.05, 0) is 19.2 Å². The third-order valence-electron chi connectivity index (χ3n) is 4.49. The minimum absolute atomic E-state index is 0.132. The maximum atomic E-state index is 12.6. The molecule has 1 aromatic rings. The first-order valence-corrected chi connectivity index (χ1v) is 9.72. The summed E-state index contributed by atoms with van der Waals surface area (Å²) in [4.78, 5) is 28.6. The summed E-state index contributed by atoms with van der Waals surface area (Å²) in [6.45, 7) is 8.90. The van der Waals surface area contributed by atoms with Crippen molar-refractivity contribution in [2.75, 3.05) is 31.9 Å². The van der Waals surface area contributed by atoms with Gasteiger partial charge in [0.2, 0.25) is 11.8 Å². The largest absolute Gasteiger partial charge is 0.508 e. The topological polar surface area (TPSA) is 72.9 Å². The van der Waals surface area contributed by atoms with Gasteiger partial charge in [-0.2, -0.15) is 0 Å². The van der Waals surface area contributed by atoms with Gasteiger partial charge in [-0.25, -0.2) is 0 Å². The van der Waals surface area contributed by atoms with Crippen molar-refractivity contribution in [3.05, 3.63) is 29.8 Å². The van der Waals surface area contributed by atoms with Crippen molar-refractivity contribution in [1.82, 2.24) is 15.1 Å². The number of phenolic OH excluding ortho intramolecular Hbond substituents is 1. The van der Waals surface area contributed by atoms with Crippen molar-refractivity contribution < 1.29 is 14.7 Å². The number of nitrogens with zero attached hydrogens (tertiary/aromatic N) is 2. The number of carbonyl (C=O) groups is 2. The molecule has 1 saturated heterocycles. The van der Waals surface area contributed by atoms with Crippen molar-refractivity contribution in [1.29, 1.82) is 0 Å². The van der Waals surface area contributed by atoms with Crippen molar-refractivity contribution in [2.24, 2.45) is 0 Å². The first-order chi connectivity index (χ1) is 12.0. The minimum atomic E-state index is -0.510. The molecule has 138 valence electrons. The maximum absolute atomic E-state index is 12.6. The van der Waals surface area contributed by atoms with Crippen LogP contribution in [-0.4, -0.2) is 64.7 Å². The van der Waals surface area contributed by atoms with E-state index in [0.717, 1.165) is 19.6 Å². The molecule has 0 bridgehead atoms. The van der Waals surface area contributed by atoms with Gasteiger partial charge in [0.1, 0.15) is 17.2 Å². The smallest absolute Gasteiger partial charge is 0.243 e. The minimum Gasteiger partial charge on any atom is -0.508 e. The van der Waals surface area contributed by atoms with Crippen LogP contribution in [0, 0.1) is 0 Å². The molecule has 1 aliphatic heterocycles. The normalized spacial score (nSPS) is 20.1. The van der Waals surface area contributed by atoms with E-state index < -0.39 is 6.04 Å². The number of carbonyl (C=O) groups excluding carboxylic acids is 2. The number of rotatable bonds is 7. The molecule has 0 aromatic heterocycles. The molecular formula is C18H27N3O3S. The summed E-state index contributed by atoms with van der Waals surface area (Å²) in [5.41, 5.74) is 0.668. The molecule has 0 saturated carbocycles. The Bertz CT molecular complexity index is 607. The van der Waals surface area contributed by atoms with Gasteiger partial charge in [-0.1, -0.05) is 32.0 Å². The zero-order chi connectivity index (χ0) is 18.4. The zero-order valence-corrected chi connectivity index (χ0v) is 15.9. The number of thioether (sulfide) groups is 1. The van der Waals surface area contributed by atoms with E-state index in [0.29, 0.717) is 17.9 Å². The second kappa shape index (κ2) is 9.10. The molecule has 2 atom stereocenters. The average Bonchev–Trinajstić information content (AvgIpc) is 3.04. The summed E-state index contributed by atoms with van der Waals surface area (Å²) >= 11 is 1.51. The van der Waals surface area contributed by atoms with Gasteiger partial charge < -0.3 is 20.2 Å². The summed E-state index contributed by atoms with van der Waals surface area (Å²) in [6, 6.07) is 6.46. The van der Waals surface area contributed by atoms with E-state index in [-0.39, 0.29) is 22.9 Å². The molecule has 2 amide bonds. The van der Waals surface area contributed by atoms with E-state index in [4.69, 9.17) is 0 Å². The maximum Gasteiger partial charge on any atom is 0.243 e. The van der Waals surface area contributed by atoms with Gasteiger partial charge in [0.05, 0.1) is 0 Å². The van der Waals surface area contributed by atoms with Crippen LogP contribution >= 0.6 is 11.8 Å². The highest BCUT2D eigenvalue weighted by atomic mass is 32.2. The van der Waals surface area contributed by atoms with Gasteiger partial charge in [0.15, 0.2) is 0 Å². The Hall–Kier alpha value is -1.73. The number of phenols is 1. The molecule has 1 fully saturated rings. The fourth-order valence-electron chi connectivity index (χ4n) is 3.02. The van der Waals surface area contributed by atoms with Crippen LogP contribution in [0.4, 0.5) is 0 Å². The summed E-state index contributed by atoms with van der Waals surface area (Å²) < 4.78 is 0. The molecule has 2 N–H and O–H groups in total. The van der Waals surface area contributed by atoms with Crippen molar-refractivity contribution >= 4 is 23.6 Å². The van der Waals surface area contributed by atoms with E-state index >= 15 is 0 Å². The molecule has 1 heterocycles. The van der Waals surface area contributed by atoms with E-state index in [1.807, 2.05) is 6.07 Å². The van der Waals surface area contributed by atoms with Crippen molar-refractivity contribution in [2.45, 2.75) is 32.2 Å². The molecular weight excluding hydrogens is 338 g/mol. The van der Waals surface area contributed by atoms with Crippen LogP contribution in [0.2, 0.25) is 0 Å². The molecule has 0 radical (unpaired) electrons. The number of nitrogens with one attached hydrogen (secondary N) is 1. The molecule has 6 nitrogen and oxygen atoms in total. The highest BCUT2D eigenvalue weighted by Crippen LogP contribution is 2.44. The SMILES string of the molecule is CCN(CC)CCNC(=O)[C@H]1CS[C@@H](c2ccccc2O)N1C(C)=O. The highest BCUT2D eigenvalue weighted by Gasteiger charge is 2.41. The molecule has 0 aliphatic carbocycles. The van der Waals surface area contributed by atoms with Gasteiger partial charge in [-0.15, -0.1) is 11.8 Å². The van der Waals surface area contributed by atoms with Crippen molar-refractivity contribution in [3.63, 3.8) is 0 Å². The van der Waals surface area contributed by atoms with Crippen LogP contribution in [0.25, 0.3) is 0 Å². The number of hydrogen-bond donors (Lipinski definition) is 2. The average molecular weight is 365 g/mol. The lowest BCUT2D eigenvalue weighted by Gasteiger charge is -2.28. The van der Waals surface area contributed by atoms with Crippen LogP contribution in [0.1, 0.15) is 31.7 Å². The van der Waals surface area contributed by atoms with Crippen LogP contribution in [0.15, 0.2) is 24.3 Å². The monoisotopic (exact) mass is 365 g/mol.